The number of halogens is 1. The molecule has 0 saturated carbocycles. The van der Waals surface area contributed by atoms with Crippen LogP contribution >= 0.6 is 22.6 Å². The summed E-state index contributed by atoms with van der Waals surface area (Å²) < 4.78 is 5.00. The highest BCUT2D eigenvalue weighted by Gasteiger charge is 2.41. The van der Waals surface area contributed by atoms with Crippen LogP contribution in [0.25, 0.3) is 0 Å². The second kappa shape index (κ2) is 3.99. The lowest BCUT2D eigenvalue weighted by molar-refractivity contribution is -0.0354. The summed E-state index contributed by atoms with van der Waals surface area (Å²) in [6.45, 7) is -0.307. The van der Waals surface area contributed by atoms with Crippen molar-refractivity contribution in [1.82, 2.24) is 0 Å². The molecule has 0 aromatic heterocycles. The predicted octanol–water partition coefficient (Wildman–Crippen LogP) is -1.10. The van der Waals surface area contributed by atoms with Gasteiger partial charge in [-0.15, -0.1) is 0 Å². The lowest BCUT2D eigenvalue weighted by Gasteiger charge is -2.10. The Kier molecular flexibility index (Phi) is 3.51. The van der Waals surface area contributed by atoms with E-state index in [1.54, 1.807) is 0 Å². The standard InChI is InChI=1S/C6H11IO4/c7-5-3(1-8)11-4(2-9)6(5)10/h3-6,8-10H,1-2H2/t3-,4-,5-,6-/m1/s1. The Bertz CT molecular complexity index is 114. The average Bonchev–Trinajstić information content (AvgIpc) is 2.30. The molecular weight excluding hydrogens is 263 g/mol. The quantitative estimate of drug-likeness (QED) is 0.442. The first-order chi connectivity index (χ1) is 5.20. The van der Waals surface area contributed by atoms with E-state index in [4.69, 9.17) is 14.9 Å². The van der Waals surface area contributed by atoms with Crippen LogP contribution in [0, 0.1) is 0 Å². The van der Waals surface area contributed by atoms with Crippen molar-refractivity contribution in [3.05, 3.63) is 0 Å². The molecule has 3 N–H and O–H groups in total. The second-order valence-corrected chi connectivity index (χ2v) is 3.95. The Morgan fingerprint density at radius 1 is 1.18 bits per heavy atom. The van der Waals surface area contributed by atoms with E-state index >= 15 is 0 Å². The largest absolute Gasteiger partial charge is 0.394 e. The number of alkyl halides is 1. The van der Waals surface area contributed by atoms with E-state index < -0.39 is 12.2 Å². The molecule has 1 aliphatic heterocycles. The van der Waals surface area contributed by atoms with Gasteiger partial charge in [-0.05, 0) is 0 Å². The molecule has 5 heteroatoms. The van der Waals surface area contributed by atoms with E-state index in [0.29, 0.717) is 0 Å². The smallest absolute Gasteiger partial charge is 0.108 e. The summed E-state index contributed by atoms with van der Waals surface area (Å²) in [6.07, 6.45) is -1.55. The highest BCUT2D eigenvalue weighted by Crippen LogP contribution is 2.26. The van der Waals surface area contributed by atoms with Crippen molar-refractivity contribution in [2.75, 3.05) is 13.2 Å². The van der Waals surface area contributed by atoms with Crippen LogP contribution in [0.15, 0.2) is 0 Å². The molecule has 0 bridgehead atoms. The molecule has 0 radical (unpaired) electrons. The summed E-state index contributed by atoms with van der Waals surface area (Å²) in [4.78, 5) is 0. The van der Waals surface area contributed by atoms with Crippen LogP contribution in [0.3, 0.4) is 0 Å². The maximum atomic E-state index is 9.36. The zero-order valence-electron chi connectivity index (χ0n) is 5.85. The Labute approximate surface area is 78.3 Å². The topological polar surface area (TPSA) is 69.9 Å². The van der Waals surface area contributed by atoms with E-state index in [9.17, 15) is 5.11 Å². The van der Waals surface area contributed by atoms with Gasteiger partial charge in [-0.1, -0.05) is 22.6 Å². The van der Waals surface area contributed by atoms with Gasteiger partial charge in [0, 0.05) is 0 Å². The molecule has 0 spiro atoms. The van der Waals surface area contributed by atoms with Crippen LogP contribution in [0.1, 0.15) is 0 Å². The zero-order chi connectivity index (χ0) is 8.43. The summed E-state index contributed by atoms with van der Waals surface area (Å²) >= 11 is 2.01. The van der Waals surface area contributed by atoms with Gasteiger partial charge in [0.15, 0.2) is 0 Å². The molecule has 1 heterocycles. The monoisotopic (exact) mass is 274 g/mol. The second-order valence-electron chi connectivity index (χ2n) is 2.51. The third-order valence-corrected chi connectivity index (χ3v) is 3.31. The number of ether oxygens (including phenoxy) is 1. The minimum absolute atomic E-state index is 0.110. The predicted molar refractivity (Wildman–Crippen MR) is 46.6 cm³/mol. The fourth-order valence-corrected chi connectivity index (χ4v) is 1.96. The number of rotatable bonds is 2. The number of aliphatic hydroxyl groups excluding tert-OH is 3. The van der Waals surface area contributed by atoms with Crippen LogP contribution in [0.4, 0.5) is 0 Å². The Morgan fingerprint density at radius 2 is 1.73 bits per heavy atom. The van der Waals surface area contributed by atoms with Crippen molar-refractivity contribution in [3.8, 4) is 0 Å². The Morgan fingerprint density at radius 3 is 2.00 bits per heavy atom. The number of hydrogen-bond donors (Lipinski definition) is 3. The van der Waals surface area contributed by atoms with Crippen molar-refractivity contribution in [2.24, 2.45) is 0 Å². The van der Waals surface area contributed by atoms with Crippen molar-refractivity contribution in [1.29, 1.82) is 0 Å². The van der Waals surface area contributed by atoms with Gasteiger partial charge in [-0.3, -0.25) is 0 Å². The highest BCUT2D eigenvalue weighted by molar-refractivity contribution is 14.1. The lowest BCUT2D eigenvalue weighted by Crippen LogP contribution is -2.30. The minimum Gasteiger partial charge on any atom is -0.394 e. The summed E-state index contributed by atoms with van der Waals surface area (Å²) in [5.74, 6) is 0. The molecule has 66 valence electrons. The minimum atomic E-state index is -0.669. The third-order valence-electron chi connectivity index (χ3n) is 1.77. The molecule has 0 aliphatic carbocycles. The van der Waals surface area contributed by atoms with Gasteiger partial charge in [-0.25, -0.2) is 0 Å². The fourth-order valence-electron chi connectivity index (χ4n) is 1.10. The van der Waals surface area contributed by atoms with Gasteiger partial charge in [0.25, 0.3) is 0 Å². The zero-order valence-corrected chi connectivity index (χ0v) is 8.01. The molecular formula is C6H11IO4. The fraction of sp³-hybridized carbons (Fsp3) is 1.00. The van der Waals surface area contributed by atoms with Crippen LogP contribution in [0.2, 0.25) is 0 Å². The molecule has 1 saturated heterocycles. The van der Waals surface area contributed by atoms with Gasteiger partial charge < -0.3 is 20.1 Å². The lowest BCUT2D eigenvalue weighted by atomic mass is 10.1. The van der Waals surface area contributed by atoms with Crippen molar-refractivity contribution in [2.45, 2.75) is 22.2 Å². The average molecular weight is 274 g/mol. The highest BCUT2D eigenvalue weighted by atomic mass is 127. The molecule has 1 fully saturated rings. The summed E-state index contributed by atoms with van der Waals surface area (Å²) in [5, 5.41) is 26.8. The molecule has 0 aromatic carbocycles. The summed E-state index contributed by atoms with van der Waals surface area (Å²) in [6, 6.07) is 0. The molecule has 0 unspecified atom stereocenters. The van der Waals surface area contributed by atoms with E-state index in [1.165, 1.54) is 0 Å². The molecule has 1 rings (SSSR count). The number of aliphatic hydroxyl groups is 3. The van der Waals surface area contributed by atoms with Crippen LogP contribution in [0.5, 0.6) is 0 Å². The first-order valence-electron chi connectivity index (χ1n) is 3.40. The van der Waals surface area contributed by atoms with Gasteiger partial charge in [0.2, 0.25) is 0 Å². The number of hydrogen-bond acceptors (Lipinski definition) is 4. The molecule has 1 aliphatic rings. The van der Waals surface area contributed by atoms with Gasteiger partial charge in [0.1, 0.15) is 6.10 Å². The van der Waals surface area contributed by atoms with Crippen molar-refractivity contribution < 1.29 is 20.1 Å². The summed E-state index contributed by atoms with van der Waals surface area (Å²) in [5.41, 5.74) is 0. The maximum absolute atomic E-state index is 9.36. The molecule has 11 heavy (non-hydrogen) atoms. The molecule has 4 nitrogen and oxygen atoms in total. The normalized spacial score (nSPS) is 44.7. The maximum Gasteiger partial charge on any atom is 0.108 e. The van der Waals surface area contributed by atoms with Gasteiger partial charge in [0.05, 0.1) is 29.3 Å². The summed E-state index contributed by atoms with van der Waals surface area (Å²) in [7, 11) is 0. The molecule has 0 aromatic rings. The Balaban J connectivity index is 2.53. The van der Waals surface area contributed by atoms with Crippen LogP contribution in [-0.2, 0) is 4.74 Å². The van der Waals surface area contributed by atoms with Crippen LogP contribution in [-0.4, -0.2) is 50.8 Å². The van der Waals surface area contributed by atoms with Crippen molar-refractivity contribution >= 4 is 22.6 Å². The molecule has 4 atom stereocenters. The first kappa shape index (κ1) is 9.66. The van der Waals surface area contributed by atoms with Gasteiger partial charge in [-0.2, -0.15) is 0 Å². The third kappa shape index (κ3) is 1.83. The SMILES string of the molecule is OC[C@H]1O[C@H](CO)[C@@H](I)[C@@H]1O. The first-order valence-corrected chi connectivity index (χ1v) is 4.64. The van der Waals surface area contributed by atoms with E-state index in [0.717, 1.165) is 0 Å². The molecule has 0 amide bonds. The van der Waals surface area contributed by atoms with E-state index in [2.05, 4.69) is 0 Å². The van der Waals surface area contributed by atoms with E-state index in [-0.39, 0.29) is 23.2 Å². The van der Waals surface area contributed by atoms with E-state index in [1.807, 2.05) is 22.6 Å². The van der Waals surface area contributed by atoms with Crippen molar-refractivity contribution in [3.63, 3.8) is 0 Å². The van der Waals surface area contributed by atoms with Crippen LogP contribution < -0.4 is 0 Å². The van der Waals surface area contributed by atoms with Gasteiger partial charge >= 0.3 is 0 Å². The Hall–Kier alpha value is 0.570.